The minimum Gasteiger partial charge on any atom is -0.352 e. The third-order valence-corrected chi connectivity index (χ3v) is 5.63. The molecule has 0 aliphatic heterocycles. The van der Waals surface area contributed by atoms with Crippen molar-refractivity contribution < 1.29 is 14.0 Å². The zero-order valence-electron chi connectivity index (χ0n) is 19.7. The molecule has 0 aliphatic carbocycles. The van der Waals surface area contributed by atoms with Gasteiger partial charge in [-0.2, -0.15) is 5.26 Å². The van der Waals surface area contributed by atoms with Gasteiger partial charge in [0.15, 0.2) is 0 Å². The van der Waals surface area contributed by atoms with Crippen LogP contribution in [0, 0.1) is 23.1 Å². The Kier molecular flexibility index (Phi) is 7.81. The summed E-state index contributed by atoms with van der Waals surface area (Å²) in [5, 5.41) is 14.5. The first-order chi connectivity index (χ1) is 16.7. The summed E-state index contributed by atoms with van der Waals surface area (Å²) in [6.07, 6.45) is 0.0712. The van der Waals surface area contributed by atoms with Gasteiger partial charge in [0.25, 0.3) is 11.5 Å². The second kappa shape index (κ2) is 10.8. The minimum absolute atomic E-state index is 0.0712. The van der Waals surface area contributed by atoms with E-state index in [1.807, 2.05) is 6.92 Å². The highest BCUT2D eigenvalue weighted by Crippen LogP contribution is 2.17. The topological polar surface area (TPSA) is 126 Å². The molecule has 0 fully saturated rings. The van der Waals surface area contributed by atoms with Crippen molar-refractivity contribution in [3.8, 4) is 6.07 Å². The predicted octanol–water partition coefficient (Wildman–Crippen LogP) is 2.61. The Balaban J connectivity index is 1.66. The number of carbonyl (C=O) groups excluding carboxylic acids is 2. The Morgan fingerprint density at radius 1 is 1.09 bits per heavy atom. The Hall–Kier alpha value is -4.26. The fraction of sp³-hybridized carbons (Fsp3) is 0.320. The van der Waals surface area contributed by atoms with Crippen molar-refractivity contribution in [2.24, 2.45) is 5.92 Å². The van der Waals surface area contributed by atoms with Crippen LogP contribution in [0.1, 0.15) is 43.1 Å². The molecule has 10 heteroatoms. The standard InChI is InChI=1S/C25H26FN5O4/c1-4-30-21-9-7-17(12-19(21)24(34)31(5-2)25(30)35)29-22(32)10-15(3)14-28-23(33)18-8-6-16(13-27)11-20(18)26/h6-9,11-12,15H,4-5,10,14H2,1-3H3,(H,28,33)(H,29,32). The maximum atomic E-state index is 14.0. The van der Waals surface area contributed by atoms with E-state index in [0.717, 1.165) is 10.6 Å². The molecular weight excluding hydrogens is 453 g/mol. The van der Waals surface area contributed by atoms with Crippen molar-refractivity contribution in [2.75, 3.05) is 11.9 Å². The van der Waals surface area contributed by atoms with E-state index in [1.54, 1.807) is 38.1 Å². The van der Waals surface area contributed by atoms with Crippen molar-refractivity contribution in [3.63, 3.8) is 0 Å². The smallest absolute Gasteiger partial charge is 0.331 e. The quantitative estimate of drug-likeness (QED) is 0.514. The lowest BCUT2D eigenvalue weighted by Crippen LogP contribution is -2.39. The molecule has 2 aromatic carbocycles. The van der Waals surface area contributed by atoms with Gasteiger partial charge < -0.3 is 10.6 Å². The molecule has 3 rings (SSSR count). The molecule has 0 saturated heterocycles. The van der Waals surface area contributed by atoms with Crippen LogP contribution >= 0.6 is 0 Å². The van der Waals surface area contributed by atoms with Gasteiger partial charge in [0.2, 0.25) is 5.91 Å². The van der Waals surface area contributed by atoms with Crippen LogP contribution in [-0.2, 0) is 17.9 Å². The van der Waals surface area contributed by atoms with Gasteiger partial charge in [0.05, 0.1) is 28.1 Å². The first-order valence-electron chi connectivity index (χ1n) is 11.2. The number of carbonyl (C=O) groups is 2. The molecule has 182 valence electrons. The van der Waals surface area contributed by atoms with E-state index in [2.05, 4.69) is 10.6 Å². The van der Waals surface area contributed by atoms with Gasteiger partial charge in [-0.3, -0.25) is 23.5 Å². The van der Waals surface area contributed by atoms with E-state index in [0.29, 0.717) is 23.1 Å². The summed E-state index contributed by atoms with van der Waals surface area (Å²) in [7, 11) is 0. The number of fused-ring (bicyclic) bond motifs is 1. The SMILES string of the molecule is CCn1c(=O)c2cc(NC(=O)CC(C)CNC(=O)c3ccc(C#N)cc3F)ccc2n(CC)c1=O. The fourth-order valence-corrected chi connectivity index (χ4v) is 3.82. The van der Waals surface area contributed by atoms with Crippen molar-refractivity contribution in [3.05, 3.63) is 74.2 Å². The monoisotopic (exact) mass is 479 g/mol. The molecule has 0 spiro atoms. The minimum atomic E-state index is -0.793. The van der Waals surface area contributed by atoms with E-state index in [-0.39, 0.29) is 48.2 Å². The highest BCUT2D eigenvalue weighted by molar-refractivity contribution is 5.95. The lowest BCUT2D eigenvalue weighted by molar-refractivity contribution is -0.116. The first-order valence-corrected chi connectivity index (χ1v) is 11.2. The number of aromatic nitrogens is 2. The fourth-order valence-electron chi connectivity index (χ4n) is 3.82. The molecule has 35 heavy (non-hydrogen) atoms. The number of anilines is 1. The maximum Gasteiger partial charge on any atom is 0.331 e. The third-order valence-electron chi connectivity index (χ3n) is 5.63. The second-order valence-corrected chi connectivity index (χ2v) is 8.18. The van der Waals surface area contributed by atoms with Gasteiger partial charge in [-0.05, 0) is 56.2 Å². The summed E-state index contributed by atoms with van der Waals surface area (Å²) < 4.78 is 16.7. The normalized spacial score (nSPS) is 11.6. The molecule has 2 N–H and O–H groups in total. The van der Waals surface area contributed by atoms with E-state index >= 15 is 0 Å². The number of amides is 2. The summed E-state index contributed by atoms with van der Waals surface area (Å²) in [4.78, 5) is 50.0. The van der Waals surface area contributed by atoms with Gasteiger partial charge in [0, 0.05) is 31.7 Å². The molecule has 3 aromatic rings. The summed E-state index contributed by atoms with van der Waals surface area (Å²) in [6.45, 7) is 6.06. The molecule has 0 radical (unpaired) electrons. The van der Waals surface area contributed by atoms with Crippen LogP contribution in [0.5, 0.6) is 0 Å². The van der Waals surface area contributed by atoms with Gasteiger partial charge >= 0.3 is 5.69 Å². The Morgan fingerprint density at radius 3 is 2.43 bits per heavy atom. The van der Waals surface area contributed by atoms with E-state index in [9.17, 15) is 23.6 Å². The largest absolute Gasteiger partial charge is 0.352 e. The first kappa shape index (κ1) is 25.4. The van der Waals surface area contributed by atoms with Crippen LogP contribution < -0.4 is 21.9 Å². The number of halogens is 1. The van der Waals surface area contributed by atoms with E-state index in [1.165, 1.54) is 16.7 Å². The average Bonchev–Trinajstić information content (AvgIpc) is 2.83. The summed E-state index contributed by atoms with van der Waals surface area (Å²) >= 11 is 0. The number of benzene rings is 2. The highest BCUT2D eigenvalue weighted by Gasteiger charge is 2.16. The third kappa shape index (κ3) is 5.46. The average molecular weight is 480 g/mol. The molecule has 1 aromatic heterocycles. The van der Waals surface area contributed by atoms with Crippen LogP contribution in [0.15, 0.2) is 46.0 Å². The zero-order valence-corrected chi connectivity index (χ0v) is 19.7. The van der Waals surface area contributed by atoms with Crippen molar-refractivity contribution >= 4 is 28.4 Å². The number of nitrogens with one attached hydrogen (secondary N) is 2. The number of nitriles is 1. The second-order valence-electron chi connectivity index (χ2n) is 8.18. The lowest BCUT2D eigenvalue weighted by Gasteiger charge is -2.15. The molecule has 0 bridgehead atoms. The van der Waals surface area contributed by atoms with Crippen LogP contribution in [0.4, 0.5) is 10.1 Å². The van der Waals surface area contributed by atoms with Crippen LogP contribution in [-0.4, -0.2) is 27.5 Å². The zero-order chi connectivity index (χ0) is 25.7. The summed E-state index contributed by atoms with van der Waals surface area (Å²) in [6, 6.07) is 10.2. The van der Waals surface area contributed by atoms with E-state index < -0.39 is 17.3 Å². The highest BCUT2D eigenvalue weighted by atomic mass is 19.1. The predicted molar refractivity (Wildman–Crippen MR) is 130 cm³/mol. The maximum absolute atomic E-state index is 14.0. The number of hydrogen-bond acceptors (Lipinski definition) is 5. The molecule has 1 unspecified atom stereocenters. The molecule has 1 atom stereocenters. The van der Waals surface area contributed by atoms with Gasteiger partial charge in [-0.1, -0.05) is 6.92 Å². The van der Waals surface area contributed by atoms with Crippen LogP contribution in [0.25, 0.3) is 10.9 Å². The van der Waals surface area contributed by atoms with Crippen LogP contribution in [0.3, 0.4) is 0 Å². The van der Waals surface area contributed by atoms with Gasteiger partial charge in [-0.15, -0.1) is 0 Å². The summed E-state index contributed by atoms with van der Waals surface area (Å²) in [5.41, 5.74) is 0.0562. The van der Waals surface area contributed by atoms with Gasteiger partial charge in [-0.25, -0.2) is 9.18 Å². The molecule has 9 nitrogen and oxygen atoms in total. The lowest BCUT2D eigenvalue weighted by atomic mass is 10.1. The van der Waals surface area contributed by atoms with Crippen LogP contribution in [0.2, 0.25) is 0 Å². The van der Waals surface area contributed by atoms with Crippen molar-refractivity contribution in [1.82, 2.24) is 14.5 Å². The Morgan fingerprint density at radius 2 is 1.80 bits per heavy atom. The van der Waals surface area contributed by atoms with Crippen molar-refractivity contribution in [2.45, 2.75) is 40.3 Å². The molecule has 2 amide bonds. The van der Waals surface area contributed by atoms with Gasteiger partial charge in [0.1, 0.15) is 5.82 Å². The van der Waals surface area contributed by atoms with E-state index in [4.69, 9.17) is 5.26 Å². The number of hydrogen-bond donors (Lipinski definition) is 2. The Labute approximate surface area is 200 Å². The summed E-state index contributed by atoms with van der Waals surface area (Å²) in [5.74, 6) is -2.01. The molecule has 0 saturated carbocycles. The van der Waals surface area contributed by atoms with Crippen molar-refractivity contribution in [1.29, 1.82) is 5.26 Å². The molecule has 0 aliphatic rings. The Bertz CT molecular complexity index is 1450. The number of rotatable bonds is 8. The molecular formula is C25H26FN5O4. The number of nitrogens with zero attached hydrogens (tertiary/aromatic N) is 3. The molecule has 1 heterocycles. The number of aryl methyl sites for hydroxylation is 1.